The molecule has 10 heteroatoms. The van der Waals surface area contributed by atoms with Crippen LogP contribution >= 0.6 is 0 Å². The lowest BCUT2D eigenvalue weighted by molar-refractivity contribution is -0.137. The number of carbonyl (C=O) groups is 4. The van der Waals surface area contributed by atoms with Gasteiger partial charge in [0.25, 0.3) is 5.91 Å². The summed E-state index contributed by atoms with van der Waals surface area (Å²) in [5.74, 6) is -1.72. The lowest BCUT2D eigenvalue weighted by atomic mass is 10.0. The van der Waals surface area contributed by atoms with Gasteiger partial charge in [-0.15, -0.1) is 0 Å². The minimum atomic E-state index is -0.726. The number of likely N-dealkylation sites (N-methyl/N-ethyl adjacent to an activating group) is 1. The quantitative estimate of drug-likeness (QED) is 0.638. The highest BCUT2D eigenvalue weighted by molar-refractivity contribution is 6.05. The predicted molar refractivity (Wildman–Crippen MR) is 105 cm³/mol. The van der Waals surface area contributed by atoms with E-state index in [0.717, 1.165) is 0 Å². The highest BCUT2D eigenvalue weighted by Gasteiger charge is 2.40. The summed E-state index contributed by atoms with van der Waals surface area (Å²) >= 11 is 0. The Bertz CT molecular complexity index is 913. The van der Waals surface area contributed by atoms with Crippen molar-refractivity contribution in [2.24, 2.45) is 0 Å². The van der Waals surface area contributed by atoms with Gasteiger partial charge in [-0.25, -0.2) is 4.39 Å². The van der Waals surface area contributed by atoms with Crippen LogP contribution in [0.3, 0.4) is 0 Å². The van der Waals surface area contributed by atoms with Gasteiger partial charge in [0.2, 0.25) is 17.7 Å². The zero-order valence-electron chi connectivity index (χ0n) is 16.7. The van der Waals surface area contributed by atoms with E-state index in [1.807, 2.05) is 4.90 Å². The molecule has 2 fully saturated rings. The molecule has 160 valence electrons. The Kier molecular flexibility index (Phi) is 5.42. The van der Waals surface area contributed by atoms with Crippen LogP contribution in [0.25, 0.3) is 0 Å². The molecule has 1 atom stereocenters. The number of hydrogen-bond acceptors (Lipinski definition) is 6. The third kappa shape index (κ3) is 3.62. The maximum atomic E-state index is 14.8. The average Bonchev–Trinajstić information content (AvgIpc) is 3.03. The van der Waals surface area contributed by atoms with Gasteiger partial charge in [-0.3, -0.25) is 24.5 Å². The van der Waals surface area contributed by atoms with Gasteiger partial charge in [0, 0.05) is 44.7 Å². The summed E-state index contributed by atoms with van der Waals surface area (Å²) in [7, 11) is 1.72. The van der Waals surface area contributed by atoms with Crippen molar-refractivity contribution in [1.82, 2.24) is 20.4 Å². The molecule has 0 saturated carbocycles. The Morgan fingerprint density at radius 1 is 1.20 bits per heavy atom. The van der Waals surface area contributed by atoms with E-state index in [-0.39, 0.29) is 43.3 Å². The van der Waals surface area contributed by atoms with Crippen LogP contribution in [0, 0.1) is 5.82 Å². The van der Waals surface area contributed by atoms with Crippen LogP contribution in [0.1, 0.15) is 28.8 Å². The molecule has 9 nitrogen and oxygen atoms in total. The summed E-state index contributed by atoms with van der Waals surface area (Å²) in [6.45, 7) is 2.46. The molecule has 1 unspecified atom stereocenters. The molecule has 0 aromatic heterocycles. The third-order valence-electron chi connectivity index (χ3n) is 5.89. The Morgan fingerprint density at radius 2 is 1.93 bits per heavy atom. The molecule has 3 heterocycles. The van der Waals surface area contributed by atoms with Crippen molar-refractivity contribution in [2.45, 2.75) is 25.4 Å². The van der Waals surface area contributed by atoms with Crippen molar-refractivity contribution in [3.8, 4) is 0 Å². The number of rotatable bonds is 4. The minimum absolute atomic E-state index is 0.0112. The van der Waals surface area contributed by atoms with Crippen LogP contribution in [-0.4, -0.2) is 79.2 Å². The van der Waals surface area contributed by atoms with E-state index in [1.165, 1.54) is 11.0 Å². The smallest absolute Gasteiger partial charge is 0.255 e. The highest BCUT2D eigenvalue weighted by atomic mass is 19.1. The number of piperidine rings is 1. The third-order valence-corrected chi connectivity index (χ3v) is 5.89. The number of amides is 4. The first-order valence-corrected chi connectivity index (χ1v) is 10.0. The first-order valence-electron chi connectivity index (χ1n) is 10.0. The number of halogens is 1. The van der Waals surface area contributed by atoms with Crippen molar-refractivity contribution in [2.75, 3.05) is 44.7 Å². The van der Waals surface area contributed by atoms with Crippen LogP contribution in [-0.2, 0) is 20.9 Å². The topological polar surface area (TPSA) is 102 Å². The Hall–Kier alpha value is -3.01. The van der Waals surface area contributed by atoms with Crippen LogP contribution in [0.4, 0.5) is 10.1 Å². The Morgan fingerprint density at radius 3 is 2.60 bits per heavy atom. The molecule has 2 N–H and O–H groups in total. The lowest BCUT2D eigenvalue weighted by Gasteiger charge is -2.36. The Labute approximate surface area is 173 Å². The van der Waals surface area contributed by atoms with Gasteiger partial charge in [-0.05, 0) is 31.2 Å². The highest BCUT2D eigenvalue weighted by Crippen LogP contribution is 2.32. The van der Waals surface area contributed by atoms with Crippen molar-refractivity contribution in [1.29, 1.82) is 0 Å². The summed E-state index contributed by atoms with van der Waals surface area (Å²) in [5.41, 5.74) is 1.31. The molecule has 30 heavy (non-hydrogen) atoms. The standard InChI is InChI=1S/C20H24FN5O4/c1-22-10-18(28)25-6-4-24(5-7-25)16-8-12-11-26(20(30)13(12)9-14(16)21)15-2-3-17(27)23-19(15)29/h8-9,15,22H,2-7,10-11H2,1H3,(H,23,27,29). The van der Waals surface area contributed by atoms with Crippen molar-refractivity contribution in [3.63, 3.8) is 0 Å². The summed E-state index contributed by atoms with van der Waals surface area (Å²) in [4.78, 5) is 53.3. The number of fused-ring (bicyclic) bond motifs is 1. The van der Waals surface area contributed by atoms with Gasteiger partial charge in [0.15, 0.2) is 0 Å². The molecule has 3 aliphatic rings. The number of benzene rings is 1. The van der Waals surface area contributed by atoms with E-state index >= 15 is 0 Å². The van der Waals surface area contributed by atoms with Gasteiger partial charge in [0.05, 0.1) is 12.2 Å². The largest absolute Gasteiger partial charge is 0.366 e. The molecule has 4 amide bonds. The second-order valence-electron chi connectivity index (χ2n) is 7.76. The number of nitrogens with zero attached hydrogens (tertiary/aromatic N) is 3. The van der Waals surface area contributed by atoms with Crippen LogP contribution in [0.15, 0.2) is 12.1 Å². The van der Waals surface area contributed by atoms with E-state index in [9.17, 15) is 23.6 Å². The number of nitrogens with one attached hydrogen (secondary N) is 2. The maximum absolute atomic E-state index is 14.8. The van der Waals surface area contributed by atoms with Gasteiger partial charge in [0.1, 0.15) is 11.9 Å². The zero-order chi connectivity index (χ0) is 21.4. The van der Waals surface area contributed by atoms with E-state index in [0.29, 0.717) is 37.4 Å². The maximum Gasteiger partial charge on any atom is 0.255 e. The van der Waals surface area contributed by atoms with Gasteiger partial charge < -0.3 is 20.0 Å². The second kappa shape index (κ2) is 8.02. The number of piperazine rings is 1. The normalized spacial score (nSPS) is 21.7. The molecule has 0 aliphatic carbocycles. The summed E-state index contributed by atoms with van der Waals surface area (Å²) < 4.78 is 14.8. The summed E-state index contributed by atoms with van der Waals surface area (Å²) in [6, 6.07) is 2.17. The fourth-order valence-corrected chi connectivity index (χ4v) is 4.28. The van der Waals surface area contributed by atoms with E-state index in [4.69, 9.17) is 0 Å². The predicted octanol–water partition coefficient (Wildman–Crippen LogP) is -0.545. The minimum Gasteiger partial charge on any atom is -0.366 e. The van der Waals surface area contributed by atoms with Crippen molar-refractivity contribution < 1.29 is 23.6 Å². The summed E-state index contributed by atoms with van der Waals surface area (Å²) in [6.07, 6.45) is 0.440. The molecule has 3 aliphatic heterocycles. The van der Waals surface area contributed by atoms with Gasteiger partial charge >= 0.3 is 0 Å². The number of carbonyl (C=O) groups excluding carboxylic acids is 4. The lowest BCUT2D eigenvalue weighted by Crippen LogP contribution is -2.52. The summed E-state index contributed by atoms with van der Waals surface area (Å²) in [5, 5.41) is 5.10. The number of imide groups is 1. The van der Waals surface area contributed by atoms with Gasteiger partial charge in [-0.1, -0.05) is 0 Å². The zero-order valence-corrected chi connectivity index (χ0v) is 16.7. The molecule has 0 spiro atoms. The monoisotopic (exact) mass is 417 g/mol. The molecule has 0 radical (unpaired) electrons. The van der Waals surface area contributed by atoms with Crippen LogP contribution in [0.2, 0.25) is 0 Å². The van der Waals surface area contributed by atoms with E-state index < -0.39 is 23.7 Å². The second-order valence-corrected chi connectivity index (χ2v) is 7.76. The van der Waals surface area contributed by atoms with Crippen LogP contribution < -0.4 is 15.5 Å². The fraction of sp³-hybridized carbons (Fsp3) is 0.500. The first-order chi connectivity index (χ1) is 14.4. The molecular formula is C20H24FN5O4. The van der Waals surface area contributed by atoms with Crippen molar-refractivity contribution >= 4 is 29.3 Å². The fourth-order valence-electron chi connectivity index (χ4n) is 4.28. The van der Waals surface area contributed by atoms with Crippen LogP contribution in [0.5, 0.6) is 0 Å². The molecule has 2 saturated heterocycles. The molecular weight excluding hydrogens is 393 g/mol. The molecule has 1 aromatic rings. The Balaban J connectivity index is 1.49. The first kappa shape index (κ1) is 20.3. The molecule has 4 rings (SSSR count). The number of anilines is 1. The average molecular weight is 417 g/mol. The van der Waals surface area contributed by atoms with E-state index in [2.05, 4.69) is 10.6 Å². The van der Waals surface area contributed by atoms with Gasteiger partial charge in [-0.2, -0.15) is 0 Å². The van der Waals surface area contributed by atoms with Crippen molar-refractivity contribution in [3.05, 3.63) is 29.1 Å². The van der Waals surface area contributed by atoms with E-state index in [1.54, 1.807) is 18.0 Å². The molecule has 1 aromatic carbocycles. The SMILES string of the molecule is CNCC(=O)N1CCN(c2cc3c(cc2F)C(=O)N(C2CCC(=O)NC2=O)C3)CC1. The number of hydrogen-bond donors (Lipinski definition) is 2. The molecule has 0 bridgehead atoms.